The Morgan fingerprint density at radius 1 is 1.20 bits per heavy atom. The van der Waals surface area contributed by atoms with E-state index in [-0.39, 0.29) is 5.75 Å². The number of phenolic OH excluding ortho intramolecular Hbond substituents is 1. The summed E-state index contributed by atoms with van der Waals surface area (Å²) in [6.45, 7) is 1.83. The van der Waals surface area contributed by atoms with E-state index in [2.05, 4.69) is 0 Å². The predicted octanol–water partition coefficient (Wildman–Crippen LogP) is 3.01. The van der Waals surface area contributed by atoms with Crippen molar-refractivity contribution in [3.05, 3.63) is 27.7 Å². The Hall–Kier alpha value is -0.400. The van der Waals surface area contributed by atoms with E-state index in [1.165, 1.54) is 6.07 Å². The minimum absolute atomic E-state index is 0.0252. The van der Waals surface area contributed by atoms with E-state index in [1.54, 1.807) is 6.07 Å². The van der Waals surface area contributed by atoms with Crippen molar-refractivity contribution < 1.29 is 5.11 Å². The van der Waals surface area contributed by atoms with Crippen molar-refractivity contribution >= 4 is 23.2 Å². The van der Waals surface area contributed by atoms with Crippen LogP contribution in [0.1, 0.15) is 5.56 Å². The fourth-order valence-electron chi connectivity index (χ4n) is 0.636. The molecule has 1 nitrogen and oxygen atoms in total. The van der Waals surface area contributed by atoms with Crippen molar-refractivity contribution in [2.45, 2.75) is 6.92 Å². The maximum atomic E-state index is 9.01. The molecule has 1 aromatic carbocycles. The monoisotopic (exact) mass is 176 g/mol. The van der Waals surface area contributed by atoms with E-state index in [9.17, 15) is 0 Å². The molecule has 3 heteroatoms. The summed E-state index contributed by atoms with van der Waals surface area (Å²) in [4.78, 5) is 0. The second-order valence-corrected chi connectivity index (χ2v) is 2.87. The number of aromatic hydroxyl groups is 1. The first-order valence-electron chi connectivity index (χ1n) is 2.76. The molecule has 0 unspecified atom stereocenters. The smallest absolute Gasteiger partial charge is 0.135 e. The molecule has 0 aliphatic heterocycles. The van der Waals surface area contributed by atoms with E-state index in [0.29, 0.717) is 10.0 Å². The Labute approximate surface area is 69.2 Å². The van der Waals surface area contributed by atoms with Gasteiger partial charge in [0.1, 0.15) is 5.75 Å². The molecule has 1 N–H and O–H groups in total. The highest BCUT2D eigenvalue weighted by atomic mass is 35.5. The number of halogens is 2. The minimum atomic E-state index is 0.0252. The van der Waals surface area contributed by atoms with Gasteiger partial charge in [-0.1, -0.05) is 23.2 Å². The van der Waals surface area contributed by atoms with Crippen molar-refractivity contribution in [2.24, 2.45) is 0 Å². The van der Waals surface area contributed by atoms with E-state index in [4.69, 9.17) is 28.3 Å². The molecule has 0 aliphatic carbocycles. The van der Waals surface area contributed by atoms with Crippen molar-refractivity contribution in [1.82, 2.24) is 0 Å². The normalized spacial score (nSPS) is 9.90. The van der Waals surface area contributed by atoms with E-state index in [0.717, 1.165) is 5.56 Å². The van der Waals surface area contributed by atoms with Crippen LogP contribution in [-0.4, -0.2) is 5.11 Å². The standard InChI is InChI=1S/C7H6Cl2O/c1-4-2-6(9)7(10)3-5(4)8/h2-3,10H,1H3. The first-order chi connectivity index (χ1) is 4.61. The lowest BCUT2D eigenvalue weighted by Gasteiger charge is -1.99. The lowest BCUT2D eigenvalue weighted by Crippen LogP contribution is -1.75. The summed E-state index contributed by atoms with van der Waals surface area (Å²) in [5, 5.41) is 9.87. The van der Waals surface area contributed by atoms with E-state index in [1.807, 2.05) is 6.92 Å². The summed E-state index contributed by atoms with van der Waals surface area (Å²) >= 11 is 11.2. The number of hydrogen-bond acceptors (Lipinski definition) is 1. The van der Waals surface area contributed by atoms with Crippen molar-refractivity contribution in [1.29, 1.82) is 0 Å². The van der Waals surface area contributed by atoms with Crippen LogP contribution < -0.4 is 0 Å². The van der Waals surface area contributed by atoms with Gasteiger partial charge in [-0.05, 0) is 18.6 Å². The number of aryl methyl sites for hydroxylation is 1. The number of benzene rings is 1. The van der Waals surface area contributed by atoms with Crippen LogP contribution in [0.2, 0.25) is 10.0 Å². The molecular weight excluding hydrogens is 171 g/mol. The third-order valence-electron chi connectivity index (χ3n) is 1.23. The van der Waals surface area contributed by atoms with Crippen LogP contribution >= 0.6 is 23.2 Å². The summed E-state index contributed by atoms with van der Waals surface area (Å²) in [6.07, 6.45) is 0. The van der Waals surface area contributed by atoms with Gasteiger partial charge in [-0.15, -0.1) is 0 Å². The zero-order chi connectivity index (χ0) is 7.72. The molecule has 10 heavy (non-hydrogen) atoms. The van der Waals surface area contributed by atoms with Gasteiger partial charge in [0, 0.05) is 11.1 Å². The second-order valence-electron chi connectivity index (χ2n) is 2.05. The van der Waals surface area contributed by atoms with Crippen molar-refractivity contribution in [2.75, 3.05) is 0 Å². The molecule has 0 bridgehead atoms. The van der Waals surface area contributed by atoms with Crippen molar-refractivity contribution in [3.63, 3.8) is 0 Å². The highest BCUT2D eigenvalue weighted by Crippen LogP contribution is 2.28. The maximum Gasteiger partial charge on any atom is 0.135 e. The highest BCUT2D eigenvalue weighted by Gasteiger charge is 2.01. The minimum Gasteiger partial charge on any atom is -0.506 e. The average Bonchev–Trinajstić information content (AvgIpc) is 1.84. The Bertz CT molecular complexity index is 208. The molecule has 0 radical (unpaired) electrons. The molecule has 0 atom stereocenters. The van der Waals surface area contributed by atoms with Crippen molar-refractivity contribution in [3.8, 4) is 5.75 Å². The maximum absolute atomic E-state index is 9.01. The summed E-state index contributed by atoms with van der Waals surface area (Å²) in [7, 11) is 0. The van der Waals surface area contributed by atoms with Gasteiger partial charge in [-0.3, -0.25) is 0 Å². The first kappa shape index (κ1) is 7.70. The molecular formula is C7H6Cl2O. The average molecular weight is 177 g/mol. The molecule has 54 valence electrons. The fourth-order valence-corrected chi connectivity index (χ4v) is 1.01. The van der Waals surface area contributed by atoms with Gasteiger partial charge in [0.05, 0.1) is 5.02 Å². The summed E-state index contributed by atoms with van der Waals surface area (Å²) in [5.74, 6) is 0.0252. The molecule has 1 rings (SSSR count). The summed E-state index contributed by atoms with van der Waals surface area (Å²) < 4.78 is 0. The first-order valence-corrected chi connectivity index (χ1v) is 3.51. The molecule has 0 aliphatic rings. The molecule has 0 fully saturated rings. The summed E-state index contributed by atoms with van der Waals surface area (Å²) in [6, 6.07) is 3.05. The summed E-state index contributed by atoms with van der Waals surface area (Å²) in [5.41, 5.74) is 0.865. The van der Waals surface area contributed by atoms with E-state index >= 15 is 0 Å². The van der Waals surface area contributed by atoms with Crippen LogP contribution in [0.25, 0.3) is 0 Å². The third-order valence-corrected chi connectivity index (χ3v) is 1.94. The van der Waals surface area contributed by atoms with Crippen LogP contribution in [0, 0.1) is 6.92 Å². The van der Waals surface area contributed by atoms with Gasteiger partial charge >= 0.3 is 0 Å². The third kappa shape index (κ3) is 1.36. The highest BCUT2D eigenvalue weighted by molar-refractivity contribution is 6.34. The van der Waals surface area contributed by atoms with Gasteiger partial charge in [0.15, 0.2) is 0 Å². The number of rotatable bonds is 0. The topological polar surface area (TPSA) is 20.2 Å². The van der Waals surface area contributed by atoms with Gasteiger partial charge in [-0.25, -0.2) is 0 Å². The Kier molecular flexibility index (Phi) is 2.07. The Balaban J connectivity index is 3.28. The number of phenols is 1. The quantitative estimate of drug-likeness (QED) is 0.645. The van der Waals surface area contributed by atoms with Crippen LogP contribution in [0.15, 0.2) is 12.1 Å². The molecule has 0 spiro atoms. The molecule has 0 saturated carbocycles. The molecule has 0 amide bonds. The van der Waals surface area contributed by atoms with E-state index < -0.39 is 0 Å². The molecule has 0 saturated heterocycles. The van der Waals surface area contributed by atoms with Gasteiger partial charge in [0.2, 0.25) is 0 Å². The van der Waals surface area contributed by atoms with Crippen LogP contribution in [0.4, 0.5) is 0 Å². The van der Waals surface area contributed by atoms with Gasteiger partial charge in [-0.2, -0.15) is 0 Å². The van der Waals surface area contributed by atoms with Crippen LogP contribution in [0.3, 0.4) is 0 Å². The fraction of sp³-hybridized carbons (Fsp3) is 0.143. The molecule has 0 aromatic heterocycles. The largest absolute Gasteiger partial charge is 0.506 e. The Morgan fingerprint density at radius 2 is 1.80 bits per heavy atom. The predicted molar refractivity (Wildman–Crippen MR) is 42.9 cm³/mol. The van der Waals surface area contributed by atoms with Gasteiger partial charge in [0.25, 0.3) is 0 Å². The zero-order valence-corrected chi connectivity index (χ0v) is 6.87. The number of hydrogen-bond donors (Lipinski definition) is 1. The van der Waals surface area contributed by atoms with Crippen LogP contribution in [-0.2, 0) is 0 Å². The molecule has 0 heterocycles. The second kappa shape index (κ2) is 2.69. The van der Waals surface area contributed by atoms with Crippen LogP contribution in [0.5, 0.6) is 5.75 Å². The SMILES string of the molecule is Cc1cc(Cl)c(O)cc1Cl. The lowest BCUT2D eigenvalue weighted by atomic mass is 10.2. The molecule has 1 aromatic rings. The zero-order valence-electron chi connectivity index (χ0n) is 5.36. The van der Waals surface area contributed by atoms with Gasteiger partial charge < -0.3 is 5.11 Å². The lowest BCUT2D eigenvalue weighted by molar-refractivity contribution is 0.475. The Morgan fingerprint density at radius 3 is 2.30 bits per heavy atom.